The first-order chi connectivity index (χ1) is 14.0. The lowest BCUT2D eigenvalue weighted by atomic mass is 10.0. The largest absolute Gasteiger partial charge is 0.573 e. The Hall–Kier alpha value is -3.23. The number of benzene rings is 2. The van der Waals surface area contributed by atoms with Crippen LogP contribution in [0.5, 0.6) is 5.75 Å². The van der Waals surface area contributed by atoms with Crippen molar-refractivity contribution in [2.24, 2.45) is 5.92 Å². The fourth-order valence-electron chi connectivity index (χ4n) is 2.90. The van der Waals surface area contributed by atoms with Crippen molar-refractivity contribution in [3.63, 3.8) is 0 Å². The number of fused-ring (bicyclic) bond motifs is 1. The van der Waals surface area contributed by atoms with E-state index < -0.39 is 24.1 Å². The normalized spacial score (nSPS) is 12.9. The summed E-state index contributed by atoms with van der Waals surface area (Å²) in [7, 11) is 0. The number of carbonyl (C=O) groups is 1. The summed E-state index contributed by atoms with van der Waals surface area (Å²) in [5, 5.41) is 0. The third-order valence-corrected chi connectivity index (χ3v) is 4.32. The van der Waals surface area contributed by atoms with Gasteiger partial charge in [-0.1, -0.05) is 32.0 Å². The molecule has 1 heterocycles. The van der Waals surface area contributed by atoms with Gasteiger partial charge in [0.05, 0.1) is 12.1 Å². The Morgan fingerprint density at radius 2 is 1.70 bits per heavy atom. The number of nitrogens with zero attached hydrogens (tertiary/aromatic N) is 1. The second-order valence-corrected chi connectivity index (χ2v) is 7.19. The van der Waals surface area contributed by atoms with Gasteiger partial charge in [0.2, 0.25) is 0 Å². The molecule has 9 heteroatoms. The number of ether oxygens (including phenoxy) is 2. The van der Waals surface area contributed by atoms with Gasteiger partial charge in [-0.05, 0) is 48.2 Å². The average Bonchev–Trinajstić information content (AvgIpc) is 2.99. The van der Waals surface area contributed by atoms with E-state index in [1.54, 1.807) is 18.2 Å². The maximum atomic E-state index is 12.3. The van der Waals surface area contributed by atoms with Crippen molar-refractivity contribution >= 4 is 17.1 Å². The van der Waals surface area contributed by atoms with E-state index in [4.69, 9.17) is 9.15 Å². The molecule has 6 nitrogen and oxygen atoms in total. The van der Waals surface area contributed by atoms with Gasteiger partial charge in [-0.25, -0.2) is 9.59 Å². The van der Waals surface area contributed by atoms with E-state index in [1.807, 2.05) is 13.8 Å². The molecule has 0 aliphatic heterocycles. The molecule has 0 amide bonds. The van der Waals surface area contributed by atoms with Gasteiger partial charge in [0.1, 0.15) is 11.8 Å². The molecule has 1 atom stereocenters. The van der Waals surface area contributed by atoms with Gasteiger partial charge < -0.3 is 13.9 Å². The van der Waals surface area contributed by atoms with Crippen molar-refractivity contribution in [3.05, 3.63) is 53.0 Å². The minimum absolute atomic E-state index is 0.148. The Morgan fingerprint density at radius 3 is 2.30 bits per heavy atom. The van der Waals surface area contributed by atoms with Crippen LogP contribution in [0.3, 0.4) is 0 Å². The number of halogens is 3. The lowest BCUT2D eigenvalue weighted by Crippen LogP contribution is -2.27. The summed E-state index contributed by atoms with van der Waals surface area (Å²) in [6, 6.07) is 9.27. The first kappa shape index (κ1) is 21.5. The Kier molecular flexibility index (Phi) is 5.91. The van der Waals surface area contributed by atoms with E-state index in [2.05, 4.69) is 4.74 Å². The number of rotatable bonds is 6. The van der Waals surface area contributed by atoms with Gasteiger partial charge >= 0.3 is 18.1 Å². The molecule has 30 heavy (non-hydrogen) atoms. The summed E-state index contributed by atoms with van der Waals surface area (Å²) in [5.74, 6) is -1.46. The highest BCUT2D eigenvalue weighted by Crippen LogP contribution is 2.29. The molecule has 0 saturated heterocycles. The number of alkyl halides is 3. The summed E-state index contributed by atoms with van der Waals surface area (Å²) >= 11 is 0. The molecule has 3 rings (SSSR count). The monoisotopic (exact) mass is 423 g/mol. The summed E-state index contributed by atoms with van der Waals surface area (Å²) in [4.78, 5) is 24.6. The van der Waals surface area contributed by atoms with E-state index in [9.17, 15) is 22.8 Å². The van der Waals surface area contributed by atoms with Gasteiger partial charge in [-0.2, -0.15) is 0 Å². The molecule has 0 aliphatic carbocycles. The Morgan fingerprint density at radius 1 is 1.07 bits per heavy atom. The molecular weight excluding hydrogens is 403 g/mol. The van der Waals surface area contributed by atoms with Gasteiger partial charge in [-0.3, -0.25) is 4.57 Å². The molecule has 0 radical (unpaired) electrons. The zero-order chi connectivity index (χ0) is 22.1. The minimum Gasteiger partial charge on any atom is -0.464 e. The standard InChI is InChI=1S/C21H20F3NO5/c1-12(2)11-28-19(26)13(3)25-17-10-15(6-9-18(17)29-20(25)27)14-4-7-16(8-5-14)30-21(22,23)24/h4-10,12-13H,11H2,1-3H3. The number of esters is 1. The van der Waals surface area contributed by atoms with Gasteiger partial charge in [-0.15, -0.1) is 13.2 Å². The highest BCUT2D eigenvalue weighted by molar-refractivity contribution is 5.83. The van der Waals surface area contributed by atoms with E-state index in [-0.39, 0.29) is 23.9 Å². The van der Waals surface area contributed by atoms with Crippen molar-refractivity contribution in [1.29, 1.82) is 0 Å². The molecule has 0 aliphatic rings. The first-order valence-corrected chi connectivity index (χ1v) is 9.23. The maximum Gasteiger partial charge on any atom is 0.573 e. The first-order valence-electron chi connectivity index (χ1n) is 9.23. The summed E-state index contributed by atoms with van der Waals surface area (Å²) in [6.45, 7) is 5.56. The third-order valence-electron chi connectivity index (χ3n) is 4.32. The molecule has 0 fully saturated rings. The fraction of sp³-hybridized carbons (Fsp3) is 0.333. The molecular formula is C21H20F3NO5. The molecule has 0 bridgehead atoms. The van der Waals surface area contributed by atoms with Gasteiger partial charge in [0.25, 0.3) is 0 Å². The van der Waals surface area contributed by atoms with Crippen LogP contribution in [0, 0.1) is 5.92 Å². The van der Waals surface area contributed by atoms with Gasteiger partial charge in [0.15, 0.2) is 5.58 Å². The molecule has 1 aromatic heterocycles. The Labute approximate surface area is 169 Å². The number of hydrogen-bond donors (Lipinski definition) is 0. The fourth-order valence-corrected chi connectivity index (χ4v) is 2.90. The van der Waals surface area contributed by atoms with Crippen LogP contribution in [-0.2, 0) is 9.53 Å². The highest BCUT2D eigenvalue weighted by atomic mass is 19.4. The number of carbonyl (C=O) groups excluding carboxylic acids is 1. The molecule has 160 valence electrons. The molecule has 0 spiro atoms. The van der Waals surface area contributed by atoms with E-state index in [0.29, 0.717) is 16.6 Å². The van der Waals surface area contributed by atoms with Gasteiger partial charge in [0, 0.05) is 0 Å². The van der Waals surface area contributed by atoms with Crippen LogP contribution in [0.4, 0.5) is 13.2 Å². The Balaban J connectivity index is 1.93. The number of oxazole rings is 1. The quantitative estimate of drug-likeness (QED) is 0.527. The van der Waals surface area contributed by atoms with Crippen LogP contribution in [0.25, 0.3) is 22.2 Å². The van der Waals surface area contributed by atoms with Crippen LogP contribution in [0.2, 0.25) is 0 Å². The van der Waals surface area contributed by atoms with Crippen molar-refractivity contribution in [3.8, 4) is 16.9 Å². The topological polar surface area (TPSA) is 70.7 Å². The summed E-state index contributed by atoms with van der Waals surface area (Å²) < 4.78 is 52.5. The van der Waals surface area contributed by atoms with Crippen molar-refractivity contribution in [2.75, 3.05) is 6.61 Å². The van der Waals surface area contributed by atoms with Crippen LogP contribution >= 0.6 is 0 Å². The number of aromatic nitrogens is 1. The van der Waals surface area contributed by atoms with E-state index in [1.165, 1.54) is 35.8 Å². The lowest BCUT2D eigenvalue weighted by Gasteiger charge is -2.14. The maximum absolute atomic E-state index is 12.3. The summed E-state index contributed by atoms with van der Waals surface area (Å²) in [5.41, 5.74) is 1.88. The predicted octanol–water partition coefficient (Wildman–Crippen LogP) is 4.92. The average molecular weight is 423 g/mol. The third kappa shape index (κ3) is 4.84. The van der Waals surface area contributed by atoms with Crippen LogP contribution in [-0.4, -0.2) is 23.5 Å². The highest BCUT2D eigenvalue weighted by Gasteiger charge is 2.31. The van der Waals surface area contributed by atoms with E-state index in [0.717, 1.165) is 0 Å². The van der Waals surface area contributed by atoms with Crippen LogP contribution < -0.4 is 10.5 Å². The second-order valence-electron chi connectivity index (χ2n) is 7.19. The zero-order valence-corrected chi connectivity index (χ0v) is 16.5. The SMILES string of the molecule is CC(C)COC(=O)C(C)n1c(=O)oc2ccc(-c3ccc(OC(F)(F)F)cc3)cc21. The number of hydrogen-bond acceptors (Lipinski definition) is 5. The Bertz CT molecular complexity index is 1100. The van der Waals surface area contributed by atoms with Crippen molar-refractivity contribution in [2.45, 2.75) is 33.2 Å². The minimum atomic E-state index is -4.77. The lowest BCUT2D eigenvalue weighted by molar-refractivity contribution is -0.274. The molecule has 2 aromatic carbocycles. The molecule has 3 aromatic rings. The van der Waals surface area contributed by atoms with Crippen molar-refractivity contribution in [1.82, 2.24) is 4.57 Å². The molecule has 0 saturated carbocycles. The smallest absolute Gasteiger partial charge is 0.464 e. The zero-order valence-electron chi connectivity index (χ0n) is 16.5. The second kappa shape index (κ2) is 8.25. The summed E-state index contributed by atoms with van der Waals surface area (Å²) in [6.07, 6.45) is -4.77. The van der Waals surface area contributed by atoms with Crippen LogP contribution in [0.15, 0.2) is 51.7 Å². The van der Waals surface area contributed by atoms with Crippen LogP contribution in [0.1, 0.15) is 26.8 Å². The molecule has 1 unspecified atom stereocenters. The predicted molar refractivity (Wildman–Crippen MR) is 103 cm³/mol. The molecule has 0 N–H and O–H groups in total. The van der Waals surface area contributed by atoms with E-state index >= 15 is 0 Å². The van der Waals surface area contributed by atoms with Crippen molar-refractivity contribution < 1.29 is 31.9 Å².